The van der Waals surface area contributed by atoms with Crippen molar-refractivity contribution in [1.29, 1.82) is 0 Å². The number of carboxylic acid groups (broad SMARTS) is 1. The Hall–Kier alpha value is -0.620. The fourth-order valence-corrected chi connectivity index (χ4v) is 2.09. The molecule has 0 saturated heterocycles. The van der Waals surface area contributed by atoms with E-state index >= 15 is 0 Å². The summed E-state index contributed by atoms with van der Waals surface area (Å²) in [4.78, 5) is 11.0. The number of carbonyl (C=O) groups is 1. The van der Waals surface area contributed by atoms with Gasteiger partial charge in [-0.1, -0.05) is 18.2 Å². The zero-order valence-corrected chi connectivity index (χ0v) is 9.93. The Morgan fingerprint density at radius 3 is 2.50 bits per heavy atom. The van der Waals surface area contributed by atoms with Crippen molar-refractivity contribution < 1.29 is 9.90 Å². The van der Waals surface area contributed by atoms with Gasteiger partial charge in [0.1, 0.15) is 0 Å². The van der Waals surface area contributed by atoms with Crippen LogP contribution in [0.1, 0.15) is 18.4 Å². The fourth-order valence-electron chi connectivity index (χ4n) is 1.37. The molecule has 0 aromatic heterocycles. The van der Waals surface area contributed by atoms with Crippen molar-refractivity contribution in [3.8, 4) is 0 Å². The number of carboxylic acids is 1. The Morgan fingerprint density at radius 2 is 2.07 bits per heavy atom. The molecular weight excluding hydrogens is 293 g/mol. The molecule has 1 aromatic carbocycles. The molecule has 0 aliphatic heterocycles. The zero-order chi connectivity index (χ0) is 10.7. The van der Waals surface area contributed by atoms with Crippen LogP contribution in [0.3, 0.4) is 0 Å². The van der Waals surface area contributed by atoms with Crippen molar-refractivity contribution in [3.63, 3.8) is 0 Å². The molecule has 3 N–H and O–H groups in total. The van der Waals surface area contributed by atoms with Gasteiger partial charge in [0.25, 0.3) is 0 Å². The summed E-state index contributed by atoms with van der Waals surface area (Å²) in [6.07, 6.45) is 0. The summed E-state index contributed by atoms with van der Waals surface area (Å²) in [7, 11) is 0. The van der Waals surface area contributed by atoms with Crippen molar-refractivity contribution in [1.82, 2.24) is 0 Å². The molecule has 0 aliphatic rings. The Labute approximate surface area is 96.4 Å². The second kappa shape index (κ2) is 4.75. The number of aliphatic carboxylic acids is 1. The molecule has 0 aliphatic carbocycles. The van der Waals surface area contributed by atoms with E-state index in [1.54, 1.807) is 6.92 Å². The molecule has 14 heavy (non-hydrogen) atoms. The Balaban J connectivity index is 3.12. The minimum atomic E-state index is -0.871. The molecule has 1 rings (SSSR count). The summed E-state index contributed by atoms with van der Waals surface area (Å²) >= 11 is 2.12. The predicted molar refractivity (Wildman–Crippen MR) is 63.2 cm³/mol. The van der Waals surface area contributed by atoms with Crippen LogP contribution in [0.5, 0.6) is 0 Å². The van der Waals surface area contributed by atoms with Gasteiger partial charge in [0, 0.05) is 9.61 Å². The van der Waals surface area contributed by atoms with Crippen molar-refractivity contribution in [2.75, 3.05) is 0 Å². The second-order valence-electron chi connectivity index (χ2n) is 3.20. The molecule has 0 amide bonds. The second-order valence-corrected chi connectivity index (χ2v) is 4.36. The van der Waals surface area contributed by atoms with Gasteiger partial charge in [0.05, 0.1) is 5.92 Å². The van der Waals surface area contributed by atoms with Gasteiger partial charge in [-0.15, -0.1) is 0 Å². The Morgan fingerprint density at radius 1 is 1.50 bits per heavy atom. The molecule has 0 saturated carbocycles. The molecule has 0 fully saturated rings. The van der Waals surface area contributed by atoms with Crippen LogP contribution in [-0.2, 0) is 4.79 Å². The highest BCUT2D eigenvalue weighted by atomic mass is 127. The van der Waals surface area contributed by atoms with E-state index in [9.17, 15) is 4.79 Å². The number of nitrogens with two attached hydrogens (primary N) is 1. The normalized spacial score (nSPS) is 14.8. The van der Waals surface area contributed by atoms with Crippen LogP contribution in [0.15, 0.2) is 24.3 Å². The van der Waals surface area contributed by atoms with E-state index in [1.807, 2.05) is 24.3 Å². The molecule has 0 spiro atoms. The first kappa shape index (κ1) is 11.5. The minimum absolute atomic E-state index is 0.386. The first-order valence-electron chi connectivity index (χ1n) is 4.27. The van der Waals surface area contributed by atoms with Crippen molar-refractivity contribution >= 4 is 28.6 Å². The van der Waals surface area contributed by atoms with E-state index in [4.69, 9.17) is 10.8 Å². The van der Waals surface area contributed by atoms with Crippen LogP contribution in [0.2, 0.25) is 0 Å². The summed E-state index contributed by atoms with van der Waals surface area (Å²) in [6, 6.07) is 7.02. The summed E-state index contributed by atoms with van der Waals surface area (Å²) < 4.78 is 0.940. The van der Waals surface area contributed by atoms with Gasteiger partial charge >= 0.3 is 5.97 Å². The number of rotatable bonds is 3. The van der Waals surface area contributed by atoms with Crippen LogP contribution >= 0.6 is 22.6 Å². The first-order chi connectivity index (χ1) is 6.54. The first-order valence-corrected chi connectivity index (χ1v) is 5.34. The highest BCUT2D eigenvalue weighted by molar-refractivity contribution is 14.1. The lowest BCUT2D eigenvalue weighted by atomic mass is 9.93. The molecule has 2 atom stereocenters. The molecule has 2 unspecified atom stereocenters. The number of halogens is 1. The van der Waals surface area contributed by atoms with Gasteiger partial charge in [-0.2, -0.15) is 0 Å². The molecule has 1 aromatic rings. The van der Waals surface area contributed by atoms with E-state index in [0.717, 1.165) is 9.13 Å². The zero-order valence-electron chi connectivity index (χ0n) is 7.77. The molecule has 4 heteroatoms. The Kier molecular flexibility index (Phi) is 3.88. The summed E-state index contributed by atoms with van der Waals surface area (Å²) in [6.45, 7) is 1.71. The van der Waals surface area contributed by atoms with Gasteiger partial charge in [-0.3, -0.25) is 4.79 Å². The van der Waals surface area contributed by atoms with Crippen molar-refractivity contribution in [3.05, 3.63) is 33.4 Å². The highest BCUT2D eigenvalue weighted by Gasteiger charge is 2.25. The number of hydrogen-bond acceptors (Lipinski definition) is 2. The monoisotopic (exact) mass is 305 g/mol. The lowest BCUT2D eigenvalue weighted by molar-refractivity contribution is -0.139. The molecule has 0 bridgehead atoms. The van der Waals surface area contributed by atoms with E-state index in [-0.39, 0.29) is 6.04 Å². The lowest BCUT2D eigenvalue weighted by Gasteiger charge is -2.17. The topological polar surface area (TPSA) is 63.3 Å². The SMILES string of the molecule is CC(N)C(C(=O)O)c1ccccc1I. The largest absolute Gasteiger partial charge is 0.481 e. The van der Waals surface area contributed by atoms with E-state index in [0.29, 0.717) is 0 Å². The average molecular weight is 305 g/mol. The van der Waals surface area contributed by atoms with Gasteiger partial charge in [0.15, 0.2) is 0 Å². The van der Waals surface area contributed by atoms with E-state index in [1.165, 1.54) is 0 Å². The van der Waals surface area contributed by atoms with Gasteiger partial charge in [-0.05, 0) is 41.1 Å². The molecule has 3 nitrogen and oxygen atoms in total. The lowest BCUT2D eigenvalue weighted by Crippen LogP contribution is -2.31. The quantitative estimate of drug-likeness (QED) is 0.837. The van der Waals surface area contributed by atoms with Crippen molar-refractivity contribution in [2.24, 2.45) is 5.73 Å². The summed E-state index contributed by atoms with van der Waals surface area (Å²) in [5.74, 6) is -1.49. The standard InChI is InChI=1S/C10H12INO2/c1-6(12)9(10(13)14)7-4-2-3-5-8(7)11/h2-6,9H,12H2,1H3,(H,13,14). The van der Waals surface area contributed by atoms with Crippen LogP contribution in [0.25, 0.3) is 0 Å². The van der Waals surface area contributed by atoms with Gasteiger partial charge < -0.3 is 10.8 Å². The molecule has 76 valence electrons. The summed E-state index contributed by atoms with van der Waals surface area (Å²) in [5.41, 5.74) is 6.44. The molecule has 0 radical (unpaired) electrons. The van der Waals surface area contributed by atoms with Crippen LogP contribution < -0.4 is 5.73 Å². The molecular formula is C10H12INO2. The fraction of sp³-hybridized carbons (Fsp3) is 0.300. The third-order valence-electron chi connectivity index (χ3n) is 2.03. The van der Waals surface area contributed by atoms with Crippen LogP contribution in [0.4, 0.5) is 0 Å². The maximum Gasteiger partial charge on any atom is 0.312 e. The van der Waals surface area contributed by atoms with Crippen LogP contribution in [0, 0.1) is 3.57 Å². The van der Waals surface area contributed by atoms with E-state index in [2.05, 4.69) is 22.6 Å². The smallest absolute Gasteiger partial charge is 0.312 e. The highest BCUT2D eigenvalue weighted by Crippen LogP contribution is 2.24. The van der Waals surface area contributed by atoms with Crippen molar-refractivity contribution in [2.45, 2.75) is 18.9 Å². The van der Waals surface area contributed by atoms with E-state index < -0.39 is 11.9 Å². The van der Waals surface area contributed by atoms with Crippen LogP contribution in [-0.4, -0.2) is 17.1 Å². The third-order valence-corrected chi connectivity index (χ3v) is 3.01. The summed E-state index contributed by atoms with van der Waals surface area (Å²) in [5, 5.41) is 9.04. The maximum absolute atomic E-state index is 11.0. The molecule has 0 heterocycles. The average Bonchev–Trinajstić information content (AvgIpc) is 2.07. The Bertz CT molecular complexity index is 339. The van der Waals surface area contributed by atoms with Gasteiger partial charge in [-0.25, -0.2) is 0 Å². The minimum Gasteiger partial charge on any atom is -0.481 e. The third kappa shape index (κ3) is 2.45. The number of benzene rings is 1. The number of hydrogen-bond donors (Lipinski definition) is 2. The maximum atomic E-state index is 11.0. The van der Waals surface area contributed by atoms with Gasteiger partial charge in [0.2, 0.25) is 0 Å². The predicted octanol–water partition coefficient (Wildman–Crippen LogP) is 1.81.